The van der Waals surface area contributed by atoms with Crippen molar-refractivity contribution in [1.29, 1.82) is 0 Å². The van der Waals surface area contributed by atoms with Gasteiger partial charge in [0.05, 0.1) is 6.20 Å². The first-order valence-corrected chi connectivity index (χ1v) is 7.45. The van der Waals surface area contributed by atoms with Crippen LogP contribution >= 0.6 is 0 Å². The fourth-order valence-electron chi connectivity index (χ4n) is 2.66. The van der Waals surface area contributed by atoms with Crippen LogP contribution in [0.1, 0.15) is 25.3 Å². The highest BCUT2D eigenvalue weighted by Gasteiger charge is 2.12. The number of hydrogen-bond acceptors (Lipinski definition) is 3. The van der Waals surface area contributed by atoms with Crippen molar-refractivity contribution < 1.29 is 0 Å². The maximum atomic E-state index is 4.30. The van der Waals surface area contributed by atoms with E-state index in [0.29, 0.717) is 0 Å². The molecule has 0 amide bonds. The summed E-state index contributed by atoms with van der Waals surface area (Å²) in [6.07, 6.45) is 6.65. The molecule has 1 saturated heterocycles. The van der Waals surface area contributed by atoms with Crippen LogP contribution in [0.25, 0.3) is 0 Å². The molecule has 4 nitrogen and oxygen atoms in total. The molecular formula is C16H22N4. The van der Waals surface area contributed by atoms with Gasteiger partial charge in [0, 0.05) is 49.3 Å². The standard InChI is InChI=1S/C16H22N4/c1-2-20-13-14(12-18-20)11-17-15-6-5-7-16(10-15)19-8-3-4-9-19/h5-7,10,12-13,17H,2-4,8-9,11H2,1H3. The topological polar surface area (TPSA) is 33.1 Å². The zero-order chi connectivity index (χ0) is 13.8. The molecule has 4 heteroatoms. The first-order chi connectivity index (χ1) is 9.85. The van der Waals surface area contributed by atoms with E-state index in [1.165, 1.54) is 42.9 Å². The van der Waals surface area contributed by atoms with Gasteiger partial charge in [0.2, 0.25) is 0 Å². The highest BCUT2D eigenvalue weighted by molar-refractivity contribution is 5.58. The number of aryl methyl sites for hydroxylation is 1. The Morgan fingerprint density at radius 1 is 1.25 bits per heavy atom. The molecule has 0 bridgehead atoms. The number of anilines is 2. The number of aromatic nitrogens is 2. The summed E-state index contributed by atoms with van der Waals surface area (Å²) in [5, 5.41) is 7.78. The normalized spacial score (nSPS) is 14.8. The van der Waals surface area contributed by atoms with Gasteiger partial charge >= 0.3 is 0 Å². The predicted molar refractivity (Wildman–Crippen MR) is 83.1 cm³/mol. The lowest BCUT2D eigenvalue weighted by Crippen LogP contribution is -2.17. The van der Waals surface area contributed by atoms with Gasteiger partial charge in [-0.2, -0.15) is 5.10 Å². The summed E-state index contributed by atoms with van der Waals surface area (Å²) in [5.41, 5.74) is 3.73. The summed E-state index contributed by atoms with van der Waals surface area (Å²) < 4.78 is 1.96. The Bertz CT molecular complexity index is 555. The number of nitrogens with one attached hydrogen (secondary N) is 1. The Hall–Kier alpha value is -1.97. The van der Waals surface area contributed by atoms with Gasteiger partial charge < -0.3 is 10.2 Å². The molecule has 1 aliphatic rings. The lowest BCUT2D eigenvalue weighted by Gasteiger charge is -2.18. The fourth-order valence-corrected chi connectivity index (χ4v) is 2.66. The van der Waals surface area contributed by atoms with Crippen LogP contribution in [0.3, 0.4) is 0 Å². The molecule has 2 aromatic rings. The van der Waals surface area contributed by atoms with Gasteiger partial charge in [0.1, 0.15) is 0 Å². The first-order valence-electron chi connectivity index (χ1n) is 7.45. The Morgan fingerprint density at radius 2 is 2.10 bits per heavy atom. The SMILES string of the molecule is CCn1cc(CNc2cccc(N3CCCC3)c2)cn1. The van der Waals surface area contributed by atoms with Crippen molar-refractivity contribution >= 4 is 11.4 Å². The van der Waals surface area contributed by atoms with Gasteiger partial charge in [-0.3, -0.25) is 4.68 Å². The molecule has 0 saturated carbocycles. The molecule has 1 aromatic heterocycles. The predicted octanol–water partition coefficient (Wildman–Crippen LogP) is 3.12. The van der Waals surface area contributed by atoms with Crippen molar-refractivity contribution in [3.05, 3.63) is 42.2 Å². The lowest BCUT2D eigenvalue weighted by atomic mass is 10.2. The summed E-state index contributed by atoms with van der Waals surface area (Å²) in [5.74, 6) is 0. The zero-order valence-corrected chi connectivity index (χ0v) is 12.0. The van der Waals surface area contributed by atoms with Gasteiger partial charge in [0.25, 0.3) is 0 Å². The van der Waals surface area contributed by atoms with Crippen molar-refractivity contribution in [2.24, 2.45) is 0 Å². The van der Waals surface area contributed by atoms with Crippen LogP contribution in [0.4, 0.5) is 11.4 Å². The minimum absolute atomic E-state index is 0.823. The average Bonchev–Trinajstić information content (AvgIpc) is 3.17. The van der Waals surface area contributed by atoms with Crippen LogP contribution in [0.15, 0.2) is 36.7 Å². The van der Waals surface area contributed by atoms with Crippen LogP contribution in [0.5, 0.6) is 0 Å². The lowest BCUT2D eigenvalue weighted by molar-refractivity contribution is 0.659. The van der Waals surface area contributed by atoms with E-state index >= 15 is 0 Å². The molecule has 0 aliphatic carbocycles. The maximum absolute atomic E-state index is 4.30. The van der Waals surface area contributed by atoms with Crippen molar-refractivity contribution in [2.75, 3.05) is 23.3 Å². The second kappa shape index (κ2) is 5.99. The Labute approximate surface area is 120 Å². The molecule has 0 spiro atoms. The van der Waals surface area contributed by atoms with E-state index in [1.54, 1.807) is 0 Å². The molecule has 106 valence electrons. The second-order valence-corrected chi connectivity index (χ2v) is 5.30. The van der Waals surface area contributed by atoms with Gasteiger partial charge in [-0.1, -0.05) is 6.07 Å². The Morgan fingerprint density at radius 3 is 2.85 bits per heavy atom. The molecule has 1 fully saturated rings. The Balaban J connectivity index is 1.63. The molecule has 0 radical (unpaired) electrons. The molecule has 0 unspecified atom stereocenters. The van der Waals surface area contributed by atoms with E-state index in [9.17, 15) is 0 Å². The molecule has 1 aromatic carbocycles. The first kappa shape index (κ1) is 13.0. The van der Waals surface area contributed by atoms with Crippen molar-refractivity contribution in [3.63, 3.8) is 0 Å². The largest absolute Gasteiger partial charge is 0.381 e. The van der Waals surface area contributed by atoms with E-state index in [0.717, 1.165) is 13.1 Å². The molecule has 3 rings (SSSR count). The fraction of sp³-hybridized carbons (Fsp3) is 0.438. The summed E-state index contributed by atoms with van der Waals surface area (Å²) >= 11 is 0. The maximum Gasteiger partial charge on any atom is 0.0539 e. The highest BCUT2D eigenvalue weighted by Crippen LogP contribution is 2.23. The van der Waals surface area contributed by atoms with E-state index in [-0.39, 0.29) is 0 Å². The third kappa shape index (κ3) is 2.95. The quantitative estimate of drug-likeness (QED) is 0.906. The van der Waals surface area contributed by atoms with Crippen LogP contribution < -0.4 is 10.2 Å². The average molecular weight is 270 g/mol. The van der Waals surface area contributed by atoms with Crippen molar-refractivity contribution in [1.82, 2.24) is 9.78 Å². The minimum atomic E-state index is 0.823. The Kier molecular flexibility index (Phi) is 3.90. The minimum Gasteiger partial charge on any atom is -0.381 e. The summed E-state index contributed by atoms with van der Waals surface area (Å²) in [4.78, 5) is 2.46. The molecule has 2 heterocycles. The molecule has 1 N–H and O–H groups in total. The van der Waals surface area contributed by atoms with E-state index in [1.807, 2.05) is 10.9 Å². The van der Waals surface area contributed by atoms with Crippen LogP contribution in [-0.4, -0.2) is 22.9 Å². The molecule has 1 aliphatic heterocycles. The van der Waals surface area contributed by atoms with Crippen LogP contribution in [0.2, 0.25) is 0 Å². The zero-order valence-electron chi connectivity index (χ0n) is 12.0. The summed E-state index contributed by atoms with van der Waals surface area (Å²) in [6, 6.07) is 8.70. The van der Waals surface area contributed by atoms with E-state index in [4.69, 9.17) is 0 Å². The van der Waals surface area contributed by atoms with Crippen LogP contribution in [-0.2, 0) is 13.1 Å². The monoisotopic (exact) mass is 270 g/mol. The van der Waals surface area contributed by atoms with Crippen molar-refractivity contribution in [3.8, 4) is 0 Å². The third-order valence-electron chi connectivity index (χ3n) is 3.82. The van der Waals surface area contributed by atoms with E-state index in [2.05, 4.69) is 52.7 Å². The second-order valence-electron chi connectivity index (χ2n) is 5.30. The number of nitrogens with zero attached hydrogens (tertiary/aromatic N) is 3. The van der Waals surface area contributed by atoms with Crippen molar-refractivity contribution in [2.45, 2.75) is 32.9 Å². The highest BCUT2D eigenvalue weighted by atomic mass is 15.3. The van der Waals surface area contributed by atoms with E-state index < -0.39 is 0 Å². The van der Waals surface area contributed by atoms with Crippen LogP contribution in [0, 0.1) is 0 Å². The van der Waals surface area contributed by atoms with Gasteiger partial charge in [0.15, 0.2) is 0 Å². The number of rotatable bonds is 5. The van der Waals surface area contributed by atoms with Gasteiger partial charge in [-0.05, 0) is 38.0 Å². The molecular weight excluding hydrogens is 248 g/mol. The molecule has 0 atom stereocenters. The number of hydrogen-bond donors (Lipinski definition) is 1. The molecule has 20 heavy (non-hydrogen) atoms. The summed E-state index contributed by atoms with van der Waals surface area (Å²) in [7, 11) is 0. The van der Waals surface area contributed by atoms with Gasteiger partial charge in [-0.15, -0.1) is 0 Å². The number of benzene rings is 1. The van der Waals surface area contributed by atoms with Gasteiger partial charge in [-0.25, -0.2) is 0 Å². The smallest absolute Gasteiger partial charge is 0.0539 e. The third-order valence-corrected chi connectivity index (χ3v) is 3.82. The summed E-state index contributed by atoms with van der Waals surface area (Å²) in [6.45, 7) is 6.22.